The van der Waals surface area contributed by atoms with Crippen LogP contribution in [0.1, 0.15) is 15.9 Å². The summed E-state index contributed by atoms with van der Waals surface area (Å²) < 4.78 is 10.7. The lowest BCUT2D eigenvalue weighted by Gasteiger charge is -2.08. The van der Waals surface area contributed by atoms with Crippen LogP contribution in [-0.4, -0.2) is 13.0 Å². The minimum absolute atomic E-state index is 0.173. The second kappa shape index (κ2) is 5.96. The van der Waals surface area contributed by atoms with E-state index < -0.39 is 0 Å². The number of ether oxygens (including phenoxy) is 1. The molecule has 1 heterocycles. The molecule has 0 aliphatic carbocycles. The van der Waals surface area contributed by atoms with Gasteiger partial charge >= 0.3 is 0 Å². The normalized spacial score (nSPS) is 10.5. The summed E-state index contributed by atoms with van der Waals surface area (Å²) in [5.74, 6) is 0.147. The molecule has 0 aliphatic rings. The largest absolute Gasteiger partial charge is 0.493 e. The van der Waals surface area contributed by atoms with Crippen molar-refractivity contribution in [3.8, 4) is 5.75 Å². The molecule has 116 valence electrons. The Morgan fingerprint density at radius 3 is 2.61 bits per heavy atom. The van der Waals surface area contributed by atoms with E-state index in [0.29, 0.717) is 22.4 Å². The molecule has 23 heavy (non-hydrogen) atoms. The number of amides is 1. The summed E-state index contributed by atoms with van der Waals surface area (Å²) in [7, 11) is 1.53. The quantitative estimate of drug-likeness (QED) is 0.777. The van der Waals surface area contributed by atoms with Crippen molar-refractivity contribution in [2.24, 2.45) is 0 Å². The van der Waals surface area contributed by atoms with Crippen molar-refractivity contribution in [3.63, 3.8) is 0 Å². The average molecular weight is 308 g/mol. The highest BCUT2D eigenvalue weighted by molar-refractivity contribution is 6.05. The lowest BCUT2D eigenvalue weighted by Crippen LogP contribution is -2.20. The van der Waals surface area contributed by atoms with Crippen LogP contribution in [-0.2, 0) is 0 Å². The van der Waals surface area contributed by atoms with Gasteiger partial charge < -0.3 is 14.5 Å². The van der Waals surface area contributed by atoms with Crippen LogP contribution < -0.4 is 15.6 Å². The van der Waals surface area contributed by atoms with E-state index >= 15 is 0 Å². The molecule has 0 spiro atoms. The highest BCUT2D eigenvalue weighted by Gasteiger charge is 2.13. The van der Waals surface area contributed by atoms with Crippen LogP contribution in [0.25, 0.3) is 11.0 Å². The topological polar surface area (TPSA) is 75.3 Å². The van der Waals surface area contributed by atoms with E-state index in [4.69, 9.17) is 14.6 Å². The third kappa shape index (κ3) is 2.94. The molecule has 5 heteroatoms. The minimum atomic E-state index is -0.382. The summed E-state index contributed by atoms with van der Waals surface area (Å²) in [6.07, 6.45) is 0. The number of benzene rings is 2. The zero-order valence-corrected chi connectivity index (χ0v) is 12.8. The standard InChI is InChI=1S/C18H16N2O3/c1-11-6-8-13(9-7-11)20-18(21)14-10-12-4-3-5-15(22-2)16(12)23-17(14)19/h3-10,19H,1-2H3,(H,20,21). The van der Waals surface area contributed by atoms with E-state index in [1.807, 2.05) is 43.3 Å². The molecule has 2 N–H and O–H groups in total. The molecule has 3 aromatic rings. The first kappa shape index (κ1) is 14.8. The molecule has 1 aromatic heterocycles. The number of hydrogen-bond donors (Lipinski definition) is 2. The van der Waals surface area contributed by atoms with Crippen LogP contribution >= 0.6 is 0 Å². The van der Waals surface area contributed by atoms with Crippen LogP contribution in [0.4, 0.5) is 5.69 Å². The summed E-state index contributed by atoms with van der Waals surface area (Å²) >= 11 is 0. The lowest BCUT2D eigenvalue weighted by atomic mass is 10.1. The van der Waals surface area contributed by atoms with Crippen LogP contribution in [0.5, 0.6) is 5.75 Å². The van der Waals surface area contributed by atoms with Gasteiger partial charge in [0, 0.05) is 11.1 Å². The Hall–Kier alpha value is -3.08. The highest BCUT2D eigenvalue weighted by atomic mass is 16.5. The van der Waals surface area contributed by atoms with Crippen LogP contribution in [0.3, 0.4) is 0 Å². The fraction of sp³-hybridized carbons (Fsp3) is 0.111. The fourth-order valence-electron chi connectivity index (χ4n) is 2.30. The summed E-state index contributed by atoms with van der Waals surface area (Å²) in [6.45, 7) is 1.98. The number of carbonyl (C=O) groups is 1. The molecule has 3 rings (SSSR count). The Bertz CT molecular complexity index is 927. The molecule has 0 saturated heterocycles. The molecule has 2 aromatic carbocycles. The third-order valence-electron chi connectivity index (χ3n) is 3.53. The number of para-hydroxylation sites is 1. The number of anilines is 1. The van der Waals surface area contributed by atoms with Crippen molar-refractivity contribution in [2.45, 2.75) is 6.92 Å². The Kier molecular flexibility index (Phi) is 3.85. The molecule has 0 aliphatic heterocycles. The van der Waals surface area contributed by atoms with Gasteiger partial charge in [0.2, 0.25) is 5.55 Å². The Balaban J connectivity index is 1.99. The van der Waals surface area contributed by atoms with Crippen molar-refractivity contribution in [3.05, 3.63) is 65.2 Å². The van der Waals surface area contributed by atoms with Crippen molar-refractivity contribution in [2.75, 3.05) is 12.4 Å². The SMILES string of the molecule is COc1cccc2cc(C(=O)Nc3ccc(C)cc3)c(=N)oc12. The fourth-order valence-corrected chi connectivity index (χ4v) is 2.30. The van der Waals surface area contributed by atoms with Crippen LogP contribution in [0, 0.1) is 12.3 Å². The second-order valence-corrected chi connectivity index (χ2v) is 5.19. The summed E-state index contributed by atoms with van der Waals surface area (Å²) in [5, 5.41) is 11.4. The number of hydrogen-bond acceptors (Lipinski definition) is 4. The summed E-state index contributed by atoms with van der Waals surface area (Å²) in [6, 6.07) is 14.5. The minimum Gasteiger partial charge on any atom is -0.493 e. The molecule has 1 amide bonds. The zero-order chi connectivity index (χ0) is 16.4. The Morgan fingerprint density at radius 2 is 1.91 bits per heavy atom. The predicted octanol–water partition coefficient (Wildman–Crippen LogP) is 3.48. The van der Waals surface area contributed by atoms with Crippen LogP contribution in [0.15, 0.2) is 52.9 Å². The van der Waals surface area contributed by atoms with Gasteiger partial charge in [-0.3, -0.25) is 10.2 Å². The van der Waals surface area contributed by atoms with Gasteiger partial charge in [-0.2, -0.15) is 0 Å². The van der Waals surface area contributed by atoms with Crippen molar-refractivity contribution >= 4 is 22.6 Å². The highest BCUT2D eigenvalue weighted by Crippen LogP contribution is 2.24. The number of methoxy groups -OCH3 is 1. The van der Waals surface area contributed by atoms with Gasteiger partial charge in [-0.15, -0.1) is 0 Å². The van der Waals surface area contributed by atoms with Gasteiger partial charge in [0.1, 0.15) is 5.56 Å². The van der Waals surface area contributed by atoms with Gasteiger partial charge in [-0.1, -0.05) is 29.8 Å². The smallest absolute Gasteiger partial charge is 0.261 e. The number of aryl methyl sites for hydroxylation is 1. The maximum atomic E-state index is 12.4. The van der Waals surface area contributed by atoms with Gasteiger partial charge in [-0.05, 0) is 31.2 Å². The number of fused-ring (bicyclic) bond motifs is 1. The van der Waals surface area contributed by atoms with Crippen LogP contribution in [0.2, 0.25) is 0 Å². The predicted molar refractivity (Wildman–Crippen MR) is 87.8 cm³/mol. The van der Waals surface area contributed by atoms with Crippen molar-refractivity contribution in [1.82, 2.24) is 0 Å². The second-order valence-electron chi connectivity index (χ2n) is 5.19. The molecule has 0 radical (unpaired) electrons. The lowest BCUT2D eigenvalue weighted by molar-refractivity contribution is 0.102. The van der Waals surface area contributed by atoms with Gasteiger partial charge in [-0.25, -0.2) is 0 Å². The average Bonchev–Trinajstić information content (AvgIpc) is 2.55. The maximum Gasteiger partial charge on any atom is 0.261 e. The molecule has 5 nitrogen and oxygen atoms in total. The molecular weight excluding hydrogens is 292 g/mol. The maximum absolute atomic E-state index is 12.4. The first-order chi connectivity index (χ1) is 11.1. The van der Waals surface area contributed by atoms with E-state index in [1.165, 1.54) is 7.11 Å². The summed E-state index contributed by atoms with van der Waals surface area (Å²) in [4.78, 5) is 12.4. The molecule has 0 atom stereocenters. The van der Waals surface area contributed by atoms with E-state index in [2.05, 4.69) is 5.32 Å². The first-order valence-electron chi connectivity index (χ1n) is 7.12. The number of nitrogens with one attached hydrogen (secondary N) is 2. The van der Waals surface area contributed by atoms with E-state index in [0.717, 1.165) is 5.56 Å². The molecule has 0 fully saturated rings. The molecule has 0 bridgehead atoms. The van der Waals surface area contributed by atoms with Gasteiger partial charge in [0.05, 0.1) is 7.11 Å². The van der Waals surface area contributed by atoms with Gasteiger partial charge in [0.15, 0.2) is 11.3 Å². The molecule has 0 saturated carbocycles. The van der Waals surface area contributed by atoms with Crippen molar-refractivity contribution in [1.29, 1.82) is 5.41 Å². The molecule has 0 unspecified atom stereocenters. The van der Waals surface area contributed by atoms with E-state index in [-0.39, 0.29) is 17.0 Å². The Labute approximate surface area is 133 Å². The number of rotatable bonds is 3. The summed E-state index contributed by atoms with van der Waals surface area (Å²) in [5.41, 5.74) is 2.20. The third-order valence-corrected chi connectivity index (χ3v) is 3.53. The van der Waals surface area contributed by atoms with E-state index in [1.54, 1.807) is 12.1 Å². The number of carbonyl (C=O) groups excluding carboxylic acids is 1. The van der Waals surface area contributed by atoms with Crippen molar-refractivity contribution < 1.29 is 13.9 Å². The van der Waals surface area contributed by atoms with Gasteiger partial charge in [0.25, 0.3) is 5.91 Å². The zero-order valence-electron chi connectivity index (χ0n) is 12.8. The Morgan fingerprint density at radius 1 is 1.17 bits per heavy atom. The molecular formula is C18H16N2O3. The monoisotopic (exact) mass is 308 g/mol. The van der Waals surface area contributed by atoms with E-state index in [9.17, 15) is 4.79 Å². The first-order valence-corrected chi connectivity index (χ1v) is 7.12.